The molecule has 0 aliphatic carbocycles. The SMILES string of the molecule is CCCCOC(=O)[C@@H]1[C@H]2C=C[C@@]3(CN(CCc4ccccc4)C(=O)[C@@H]13)O2. The van der Waals surface area contributed by atoms with E-state index in [-0.39, 0.29) is 18.0 Å². The maximum Gasteiger partial charge on any atom is 0.312 e. The Hall–Kier alpha value is -2.14. The number of likely N-dealkylation sites (tertiary alicyclic amines) is 1. The molecule has 3 heterocycles. The first-order valence-electron chi connectivity index (χ1n) is 9.51. The summed E-state index contributed by atoms with van der Waals surface area (Å²) in [6, 6.07) is 10.1. The van der Waals surface area contributed by atoms with Crippen LogP contribution in [0.5, 0.6) is 0 Å². The number of nitrogens with zero attached hydrogens (tertiary/aromatic N) is 1. The van der Waals surface area contributed by atoms with E-state index < -0.39 is 17.4 Å². The first kappa shape index (κ1) is 17.3. The predicted molar refractivity (Wildman–Crippen MR) is 96.3 cm³/mol. The van der Waals surface area contributed by atoms with Crippen LogP contribution >= 0.6 is 0 Å². The number of benzene rings is 1. The zero-order valence-corrected chi connectivity index (χ0v) is 15.1. The minimum Gasteiger partial charge on any atom is -0.465 e. The van der Waals surface area contributed by atoms with E-state index in [9.17, 15) is 9.59 Å². The molecule has 3 aliphatic heterocycles. The van der Waals surface area contributed by atoms with E-state index in [2.05, 4.69) is 19.1 Å². The van der Waals surface area contributed by atoms with Crippen molar-refractivity contribution in [2.24, 2.45) is 11.8 Å². The highest BCUT2D eigenvalue weighted by atomic mass is 16.6. The summed E-state index contributed by atoms with van der Waals surface area (Å²) in [5, 5.41) is 0. The van der Waals surface area contributed by atoms with Gasteiger partial charge in [0.15, 0.2) is 0 Å². The number of carbonyl (C=O) groups excluding carboxylic acids is 2. The Kier molecular flexibility index (Phi) is 4.57. The van der Waals surface area contributed by atoms with Crippen LogP contribution in [0, 0.1) is 11.8 Å². The van der Waals surface area contributed by atoms with Crippen molar-refractivity contribution in [3.8, 4) is 0 Å². The van der Waals surface area contributed by atoms with E-state index in [0.29, 0.717) is 19.7 Å². The average molecular weight is 355 g/mol. The Morgan fingerprint density at radius 2 is 2.15 bits per heavy atom. The molecule has 26 heavy (non-hydrogen) atoms. The molecule has 2 fully saturated rings. The van der Waals surface area contributed by atoms with Crippen LogP contribution in [0.2, 0.25) is 0 Å². The number of ether oxygens (including phenoxy) is 2. The van der Waals surface area contributed by atoms with Crippen molar-refractivity contribution < 1.29 is 19.1 Å². The van der Waals surface area contributed by atoms with Gasteiger partial charge in [0.1, 0.15) is 11.5 Å². The van der Waals surface area contributed by atoms with Crippen LogP contribution in [-0.2, 0) is 25.5 Å². The van der Waals surface area contributed by atoms with E-state index in [1.165, 1.54) is 5.56 Å². The van der Waals surface area contributed by atoms with Crippen molar-refractivity contribution in [1.82, 2.24) is 4.90 Å². The van der Waals surface area contributed by atoms with Gasteiger partial charge < -0.3 is 14.4 Å². The van der Waals surface area contributed by atoms with E-state index >= 15 is 0 Å². The fraction of sp³-hybridized carbons (Fsp3) is 0.524. The molecule has 0 N–H and O–H groups in total. The maximum absolute atomic E-state index is 13.0. The molecule has 5 nitrogen and oxygen atoms in total. The van der Waals surface area contributed by atoms with Crippen molar-refractivity contribution in [3.63, 3.8) is 0 Å². The van der Waals surface area contributed by atoms with Gasteiger partial charge in [0.25, 0.3) is 0 Å². The third-order valence-electron chi connectivity index (χ3n) is 5.71. The minimum absolute atomic E-state index is 0.0187. The van der Waals surface area contributed by atoms with Gasteiger partial charge >= 0.3 is 5.97 Å². The molecule has 0 aromatic heterocycles. The summed E-state index contributed by atoms with van der Waals surface area (Å²) >= 11 is 0. The number of hydrogen-bond acceptors (Lipinski definition) is 4. The molecular weight excluding hydrogens is 330 g/mol. The predicted octanol–water partition coefficient (Wildman–Crippen LogP) is 2.35. The van der Waals surface area contributed by atoms with Gasteiger partial charge in [-0.15, -0.1) is 0 Å². The molecule has 4 rings (SSSR count). The summed E-state index contributed by atoms with van der Waals surface area (Å²) < 4.78 is 11.5. The van der Waals surface area contributed by atoms with Crippen LogP contribution in [0.3, 0.4) is 0 Å². The largest absolute Gasteiger partial charge is 0.465 e. The molecular formula is C21H25NO4. The molecule has 5 heteroatoms. The lowest BCUT2D eigenvalue weighted by Gasteiger charge is -2.22. The van der Waals surface area contributed by atoms with E-state index in [1.807, 2.05) is 35.3 Å². The normalized spacial score (nSPS) is 31.5. The van der Waals surface area contributed by atoms with Gasteiger partial charge in [0.05, 0.1) is 25.2 Å². The van der Waals surface area contributed by atoms with Crippen LogP contribution in [-0.4, -0.2) is 48.2 Å². The first-order valence-corrected chi connectivity index (χ1v) is 9.51. The molecule has 2 saturated heterocycles. The highest BCUT2D eigenvalue weighted by molar-refractivity contribution is 5.91. The number of unbranched alkanes of at least 4 members (excludes halogenated alkanes) is 1. The van der Waals surface area contributed by atoms with Gasteiger partial charge in [-0.25, -0.2) is 0 Å². The van der Waals surface area contributed by atoms with Gasteiger partial charge in [-0.3, -0.25) is 9.59 Å². The van der Waals surface area contributed by atoms with Crippen molar-refractivity contribution in [1.29, 1.82) is 0 Å². The highest BCUT2D eigenvalue weighted by Gasteiger charge is 2.67. The molecule has 4 atom stereocenters. The molecule has 1 aromatic carbocycles. The summed E-state index contributed by atoms with van der Waals surface area (Å²) in [4.78, 5) is 27.5. The summed E-state index contributed by atoms with van der Waals surface area (Å²) in [5.41, 5.74) is 0.554. The topological polar surface area (TPSA) is 55.8 Å². The zero-order chi connectivity index (χ0) is 18.1. The number of esters is 1. The van der Waals surface area contributed by atoms with Gasteiger partial charge in [0.2, 0.25) is 5.91 Å². The number of amides is 1. The Morgan fingerprint density at radius 3 is 2.92 bits per heavy atom. The fourth-order valence-corrected chi connectivity index (χ4v) is 4.36. The third kappa shape index (κ3) is 2.84. The van der Waals surface area contributed by atoms with E-state index in [0.717, 1.165) is 19.3 Å². The Balaban J connectivity index is 1.45. The first-order chi connectivity index (χ1) is 12.6. The molecule has 138 valence electrons. The van der Waals surface area contributed by atoms with E-state index in [1.54, 1.807) is 0 Å². The van der Waals surface area contributed by atoms with Crippen molar-refractivity contribution in [3.05, 3.63) is 48.0 Å². The quantitative estimate of drug-likeness (QED) is 0.428. The zero-order valence-electron chi connectivity index (χ0n) is 15.1. The van der Waals surface area contributed by atoms with E-state index in [4.69, 9.17) is 9.47 Å². The van der Waals surface area contributed by atoms with Crippen LogP contribution in [0.25, 0.3) is 0 Å². The standard InChI is InChI=1S/C21H25NO4/c1-2-3-13-25-20(24)17-16-9-11-21(26-16)14-22(19(23)18(17)21)12-10-15-7-5-4-6-8-15/h4-9,11,16-18H,2-3,10,12-14H2,1H3/t16-,17-,18-,21+/m1/s1. The second kappa shape index (κ2) is 6.88. The second-order valence-corrected chi connectivity index (χ2v) is 7.42. The average Bonchev–Trinajstić information content (AvgIpc) is 3.29. The third-order valence-corrected chi connectivity index (χ3v) is 5.71. The van der Waals surface area contributed by atoms with Crippen LogP contribution in [0.15, 0.2) is 42.5 Å². The summed E-state index contributed by atoms with van der Waals surface area (Å²) in [6.07, 6.45) is 6.20. The molecule has 2 bridgehead atoms. The summed E-state index contributed by atoms with van der Waals surface area (Å²) in [7, 11) is 0. The van der Waals surface area contributed by atoms with Gasteiger partial charge in [-0.05, 0) is 18.4 Å². The smallest absolute Gasteiger partial charge is 0.312 e. The fourth-order valence-electron chi connectivity index (χ4n) is 4.36. The number of carbonyl (C=O) groups is 2. The lowest BCUT2D eigenvalue weighted by Crippen LogP contribution is -2.40. The molecule has 0 radical (unpaired) electrons. The Bertz CT molecular complexity index is 716. The number of fused-ring (bicyclic) bond motifs is 1. The lowest BCUT2D eigenvalue weighted by atomic mass is 9.77. The molecule has 1 spiro atoms. The van der Waals surface area contributed by atoms with Crippen molar-refractivity contribution in [2.75, 3.05) is 19.7 Å². The lowest BCUT2D eigenvalue weighted by molar-refractivity contribution is -0.153. The Morgan fingerprint density at radius 1 is 1.35 bits per heavy atom. The van der Waals surface area contributed by atoms with Gasteiger partial charge in [-0.1, -0.05) is 55.8 Å². The van der Waals surface area contributed by atoms with Crippen molar-refractivity contribution >= 4 is 11.9 Å². The van der Waals surface area contributed by atoms with Gasteiger partial charge in [-0.2, -0.15) is 0 Å². The molecule has 3 aliphatic rings. The van der Waals surface area contributed by atoms with Gasteiger partial charge in [0, 0.05) is 6.54 Å². The number of hydrogen-bond donors (Lipinski definition) is 0. The monoisotopic (exact) mass is 355 g/mol. The second-order valence-electron chi connectivity index (χ2n) is 7.42. The van der Waals surface area contributed by atoms with Crippen LogP contribution < -0.4 is 0 Å². The molecule has 0 unspecified atom stereocenters. The minimum atomic E-state index is -0.646. The van der Waals surface area contributed by atoms with Crippen LogP contribution in [0.4, 0.5) is 0 Å². The molecule has 1 aromatic rings. The number of rotatable bonds is 7. The molecule has 1 amide bonds. The molecule has 0 saturated carbocycles. The van der Waals surface area contributed by atoms with Crippen LogP contribution in [0.1, 0.15) is 25.3 Å². The summed E-state index contributed by atoms with van der Waals surface area (Å²) in [6.45, 7) is 3.63. The highest BCUT2D eigenvalue weighted by Crippen LogP contribution is 2.52. The Labute approximate surface area is 154 Å². The maximum atomic E-state index is 13.0. The summed E-state index contributed by atoms with van der Waals surface area (Å²) in [5.74, 6) is -1.23. The van der Waals surface area contributed by atoms with Crippen molar-refractivity contribution in [2.45, 2.75) is 37.9 Å².